The van der Waals surface area contributed by atoms with Gasteiger partial charge in [0, 0.05) is 10.7 Å². The third-order valence-electron chi connectivity index (χ3n) is 4.06. The quantitative estimate of drug-likeness (QED) is 0.789. The third kappa shape index (κ3) is 3.40. The number of hydrogen-bond donors (Lipinski definition) is 1. The van der Waals surface area contributed by atoms with E-state index in [1.54, 1.807) is 6.08 Å². The maximum Gasteiger partial charge on any atom is 0.235 e. The molecule has 1 aliphatic carbocycles. The van der Waals surface area contributed by atoms with Crippen LogP contribution in [0.25, 0.3) is 0 Å². The molecule has 2 aromatic rings. The van der Waals surface area contributed by atoms with Gasteiger partial charge >= 0.3 is 0 Å². The molecule has 0 spiro atoms. The Bertz CT molecular complexity index is 703. The van der Waals surface area contributed by atoms with Crippen LogP contribution >= 0.6 is 11.6 Å². The van der Waals surface area contributed by atoms with Crippen molar-refractivity contribution in [1.82, 2.24) is 0 Å². The molecule has 3 nitrogen and oxygen atoms in total. The van der Waals surface area contributed by atoms with Crippen LogP contribution < -0.4 is 10.1 Å². The highest BCUT2D eigenvalue weighted by molar-refractivity contribution is 6.30. The predicted molar refractivity (Wildman–Crippen MR) is 93.1 cm³/mol. The normalized spacial score (nSPS) is 14.8. The minimum Gasteiger partial charge on any atom is -0.490 e. The van der Waals surface area contributed by atoms with Gasteiger partial charge in [0.2, 0.25) is 5.91 Å². The zero-order valence-corrected chi connectivity index (χ0v) is 13.5. The summed E-state index contributed by atoms with van der Waals surface area (Å²) < 4.78 is 5.43. The molecule has 0 bridgehead atoms. The Kier molecular flexibility index (Phi) is 4.39. The van der Waals surface area contributed by atoms with E-state index in [1.807, 2.05) is 48.5 Å². The van der Waals surface area contributed by atoms with Crippen LogP contribution in [-0.2, 0) is 10.2 Å². The summed E-state index contributed by atoms with van der Waals surface area (Å²) in [5, 5.41) is 3.67. The number of hydrogen-bond acceptors (Lipinski definition) is 2. The van der Waals surface area contributed by atoms with E-state index in [0.717, 1.165) is 29.8 Å². The lowest BCUT2D eigenvalue weighted by molar-refractivity contribution is -0.118. The largest absolute Gasteiger partial charge is 0.490 e. The highest BCUT2D eigenvalue weighted by atomic mass is 35.5. The maximum absolute atomic E-state index is 12.7. The van der Waals surface area contributed by atoms with E-state index in [-0.39, 0.29) is 5.91 Å². The van der Waals surface area contributed by atoms with Crippen molar-refractivity contribution in [2.75, 3.05) is 11.9 Å². The van der Waals surface area contributed by atoms with Crippen molar-refractivity contribution in [1.29, 1.82) is 0 Å². The van der Waals surface area contributed by atoms with Gasteiger partial charge < -0.3 is 10.1 Å². The van der Waals surface area contributed by atoms with Crippen molar-refractivity contribution in [2.45, 2.75) is 18.3 Å². The lowest BCUT2D eigenvalue weighted by Gasteiger charge is -2.16. The molecule has 2 aromatic carbocycles. The minimum absolute atomic E-state index is 0.0274. The van der Waals surface area contributed by atoms with Gasteiger partial charge in [-0.1, -0.05) is 36.4 Å². The number of carbonyl (C=O) groups excluding carboxylic acids is 1. The fourth-order valence-corrected chi connectivity index (χ4v) is 2.71. The number of benzene rings is 2. The predicted octanol–water partition coefficient (Wildman–Crippen LogP) is 4.58. The molecule has 1 N–H and O–H groups in total. The lowest BCUT2D eigenvalue weighted by Crippen LogP contribution is -2.27. The summed E-state index contributed by atoms with van der Waals surface area (Å²) in [6, 6.07) is 14.9. The minimum atomic E-state index is -0.414. The molecule has 0 atom stereocenters. The van der Waals surface area contributed by atoms with Crippen LogP contribution in [0.15, 0.2) is 61.2 Å². The van der Waals surface area contributed by atoms with Crippen LogP contribution in [0.1, 0.15) is 18.4 Å². The van der Waals surface area contributed by atoms with Gasteiger partial charge in [-0.15, -0.1) is 0 Å². The van der Waals surface area contributed by atoms with E-state index in [4.69, 9.17) is 16.3 Å². The molecule has 118 valence electrons. The fraction of sp³-hybridized carbons (Fsp3) is 0.211. The zero-order chi connectivity index (χ0) is 16.3. The van der Waals surface area contributed by atoms with Gasteiger partial charge in [-0.05, 0) is 54.8 Å². The molecule has 23 heavy (non-hydrogen) atoms. The average molecular weight is 328 g/mol. The Morgan fingerprint density at radius 1 is 1.17 bits per heavy atom. The van der Waals surface area contributed by atoms with Crippen LogP contribution in [0.3, 0.4) is 0 Å². The third-order valence-corrected chi connectivity index (χ3v) is 4.31. The smallest absolute Gasteiger partial charge is 0.235 e. The summed E-state index contributed by atoms with van der Waals surface area (Å²) in [6.45, 7) is 4.07. The zero-order valence-electron chi connectivity index (χ0n) is 12.7. The van der Waals surface area contributed by atoms with Gasteiger partial charge in [-0.2, -0.15) is 0 Å². The first-order chi connectivity index (χ1) is 11.1. The molecule has 3 rings (SSSR count). The summed E-state index contributed by atoms with van der Waals surface area (Å²) in [4.78, 5) is 12.7. The Hall–Kier alpha value is -2.26. The molecule has 1 fully saturated rings. The molecule has 1 aliphatic rings. The van der Waals surface area contributed by atoms with E-state index < -0.39 is 5.41 Å². The Labute approximate surface area is 140 Å². The number of nitrogens with one attached hydrogen (secondary N) is 1. The SMILES string of the molecule is C=CCOc1ccc(NC(=O)C2(c3ccc(Cl)cc3)CC2)cc1. The van der Waals surface area contributed by atoms with Crippen LogP contribution in [-0.4, -0.2) is 12.5 Å². The van der Waals surface area contributed by atoms with Crippen LogP contribution in [0.4, 0.5) is 5.69 Å². The van der Waals surface area contributed by atoms with Gasteiger partial charge in [-0.25, -0.2) is 0 Å². The molecular weight excluding hydrogens is 310 g/mol. The van der Waals surface area contributed by atoms with Gasteiger partial charge in [0.1, 0.15) is 12.4 Å². The van der Waals surface area contributed by atoms with Gasteiger partial charge in [0.25, 0.3) is 0 Å². The van der Waals surface area contributed by atoms with E-state index in [2.05, 4.69) is 11.9 Å². The number of anilines is 1. The van der Waals surface area contributed by atoms with Crippen molar-refractivity contribution >= 4 is 23.2 Å². The Balaban J connectivity index is 1.69. The lowest BCUT2D eigenvalue weighted by atomic mass is 9.95. The van der Waals surface area contributed by atoms with Gasteiger partial charge in [0.15, 0.2) is 0 Å². The molecule has 0 saturated heterocycles. The van der Waals surface area contributed by atoms with Crippen LogP contribution in [0.2, 0.25) is 5.02 Å². The Morgan fingerprint density at radius 2 is 1.83 bits per heavy atom. The number of amides is 1. The summed E-state index contributed by atoms with van der Waals surface area (Å²) in [5.74, 6) is 0.779. The first-order valence-corrected chi connectivity index (χ1v) is 7.93. The first-order valence-electron chi connectivity index (χ1n) is 7.55. The monoisotopic (exact) mass is 327 g/mol. The van der Waals surface area contributed by atoms with Crippen molar-refractivity contribution in [3.63, 3.8) is 0 Å². The number of ether oxygens (including phenoxy) is 1. The second kappa shape index (κ2) is 6.47. The summed E-state index contributed by atoms with van der Waals surface area (Å²) in [5.41, 5.74) is 1.37. The molecule has 0 heterocycles. The van der Waals surface area contributed by atoms with E-state index in [0.29, 0.717) is 11.6 Å². The summed E-state index contributed by atoms with van der Waals surface area (Å²) in [7, 11) is 0. The van der Waals surface area contributed by atoms with E-state index in [9.17, 15) is 4.79 Å². The fourth-order valence-electron chi connectivity index (χ4n) is 2.58. The molecule has 1 saturated carbocycles. The number of rotatable bonds is 6. The number of carbonyl (C=O) groups is 1. The summed E-state index contributed by atoms with van der Waals surface area (Å²) >= 11 is 5.92. The van der Waals surface area contributed by atoms with E-state index >= 15 is 0 Å². The van der Waals surface area contributed by atoms with Crippen LogP contribution in [0.5, 0.6) is 5.75 Å². The van der Waals surface area contributed by atoms with Gasteiger partial charge in [-0.3, -0.25) is 4.79 Å². The van der Waals surface area contributed by atoms with Crippen molar-refractivity contribution < 1.29 is 9.53 Å². The molecule has 0 radical (unpaired) electrons. The van der Waals surface area contributed by atoms with Gasteiger partial charge in [0.05, 0.1) is 5.41 Å². The molecule has 0 aromatic heterocycles. The molecule has 1 amide bonds. The van der Waals surface area contributed by atoms with E-state index in [1.165, 1.54) is 0 Å². The second-order valence-corrected chi connectivity index (χ2v) is 6.10. The molecule has 0 unspecified atom stereocenters. The standard InChI is InChI=1S/C19H18ClNO2/c1-2-13-23-17-9-7-16(8-10-17)21-18(22)19(11-12-19)14-3-5-15(20)6-4-14/h2-10H,1,11-13H2,(H,21,22). The van der Waals surface area contributed by atoms with Crippen molar-refractivity contribution in [3.05, 3.63) is 71.8 Å². The van der Waals surface area contributed by atoms with Crippen LogP contribution in [0, 0.1) is 0 Å². The Morgan fingerprint density at radius 3 is 2.39 bits per heavy atom. The number of halogens is 1. The second-order valence-electron chi connectivity index (χ2n) is 5.67. The molecule has 0 aliphatic heterocycles. The highest BCUT2D eigenvalue weighted by Crippen LogP contribution is 2.49. The van der Waals surface area contributed by atoms with Crippen molar-refractivity contribution in [2.24, 2.45) is 0 Å². The highest BCUT2D eigenvalue weighted by Gasteiger charge is 2.51. The summed E-state index contributed by atoms with van der Waals surface area (Å²) in [6.07, 6.45) is 3.42. The topological polar surface area (TPSA) is 38.3 Å². The first kappa shape index (κ1) is 15.6. The maximum atomic E-state index is 12.7. The molecule has 4 heteroatoms. The molecular formula is C19H18ClNO2. The van der Waals surface area contributed by atoms with Crippen molar-refractivity contribution in [3.8, 4) is 5.75 Å². The average Bonchev–Trinajstić information content (AvgIpc) is 3.37.